The fourth-order valence-corrected chi connectivity index (χ4v) is 4.72. The molecule has 2 aliphatic rings. The molecule has 164 valence electrons. The number of imidazole rings is 1. The minimum atomic E-state index is -0.734. The molecule has 0 N–H and O–H groups in total. The number of hydrogen-bond donors (Lipinski definition) is 0. The summed E-state index contributed by atoms with van der Waals surface area (Å²) < 4.78 is 36.5. The fourth-order valence-electron chi connectivity index (χ4n) is 4.72. The predicted molar refractivity (Wildman–Crippen MR) is 113 cm³/mol. The molecule has 1 fully saturated rings. The molecule has 6 rings (SSSR count). The van der Waals surface area contributed by atoms with Gasteiger partial charge in [0.1, 0.15) is 24.5 Å². The minimum absolute atomic E-state index is 0.0836. The van der Waals surface area contributed by atoms with Gasteiger partial charge in [-0.25, -0.2) is 18.7 Å². The molecule has 33 heavy (non-hydrogen) atoms. The minimum Gasteiger partial charge on any atom is -0.337 e. The Morgan fingerprint density at radius 3 is 2.70 bits per heavy atom. The first-order valence-corrected chi connectivity index (χ1v) is 10.3. The molecule has 3 aromatic heterocycles. The molecule has 1 saturated carbocycles. The van der Waals surface area contributed by atoms with Crippen molar-refractivity contribution in [3.63, 3.8) is 0 Å². The molecule has 3 unspecified atom stereocenters. The van der Waals surface area contributed by atoms with Gasteiger partial charge in [-0.15, -0.1) is 6.42 Å². The van der Waals surface area contributed by atoms with Gasteiger partial charge >= 0.3 is 0 Å². The van der Waals surface area contributed by atoms with Gasteiger partial charge in [0.05, 0.1) is 11.9 Å². The smallest absolute Gasteiger partial charge is 0.280 e. The second-order valence-electron chi connectivity index (χ2n) is 8.37. The molecule has 10 heteroatoms. The van der Waals surface area contributed by atoms with Crippen LogP contribution in [0.1, 0.15) is 35.2 Å². The summed E-state index contributed by atoms with van der Waals surface area (Å²) in [6.45, 7) is 0.100. The summed E-state index contributed by atoms with van der Waals surface area (Å²) in [6.07, 6.45) is 10.8. The maximum atomic E-state index is 14.0. The lowest BCUT2D eigenvalue weighted by molar-refractivity contribution is 0.364. The third kappa shape index (κ3) is 3.00. The van der Waals surface area contributed by atoms with Crippen LogP contribution in [-0.2, 0) is 13.6 Å². The third-order valence-electron chi connectivity index (χ3n) is 6.42. The highest BCUT2D eigenvalue weighted by Crippen LogP contribution is 2.62. The number of halogens is 2. The van der Waals surface area contributed by atoms with E-state index in [0.717, 1.165) is 5.57 Å². The summed E-state index contributed by atoms with van der Waals surface area (Å²) in [6, 6.07) is 2.56. The van der Waals surface area contributed by atoms with E-state index in [2.05, 4.69) is 20.1 Å². The average molecular weight is 446 g/mol. The van der Waals surface area contributed by atoms with E-state index in [1.165, 1.54) is 29.4 Å². The standard InChI is InChI=1S/C23H16F2N6O2/c1-3-13-16(24)6-12(7-17(13)25)11-4-14-15(5-11)19(14)21-28-18(33-29-21)8-31-10-27-22-20(23(31)32)30(2)9-26-22/h1,4,6-7,9-10,14-15,19H,5,8H2,2H3. The fraction of sp³-hybridized carbons (Fsp3) is 0.261. The molecule has 3 heterocycles. The largest absolute Gasteiger partial charge is 0.337 e. The van der Waals surface area contributed by atoms with E-state index in [9.17, 15) is 13.6 Å². The zero-order valence-corrected chi connectivity index (χ0v) is 17.4. The van der Waals surface area contributed by atoms with Crippen LogP contribution in [0.3, 0.4) is 0 Å². The molecule has 8 nitrogen and oxygen atoms in total. The van der Waals surface area contributed by atoms with Crippen LogP contribution in [0.15, 0.2) is 40.2 Å². The summed E-state index contributed by atoms with van der Waals surface area (Å²) in [5.41, 5.74) is 1.57. The molecular formula is C23H16F2N6O2. The molecule has 0 aliphatic heterocycles. The van der Waals surface area contributed by atoms with Gasteiger partial charge in [-0.2, -0.15) is 4.98 Å². The Morgan fingerprint density at radius 1 is 1.24 bits per heavy atom. The normalized spacial score (nSPS) is 21.2. The van der Waals surface area contributed by atoms with Crippen LogP contribution >= 0.6 is 0 Å². The Hall–Kier alpha value is -4.13. The van der Waals surface area contributed by atoms with Crippen molar-refractivity contribution in [2.24, 2.45) is 18.9 Å². The van der Waals surface area contributed by atoms with Gasteiger partial charge in [-0.05, 0) is 41.5 Å². The first kappa shape index (κ1) is 19.5. The van der Waals surface area contributed by atoms with Crippen molar-refractivity contribution in [3.8, 4) is 12.3 Å². The van der Waals surface area contributed by atoms with E-state index in [0.29, 0.717) is 34.9 Å². The van der Waals surface area contributed by atoms with Crippen LogP contribution in [0.25, 0.3) is 16.7 Å². The number of terminal acetylenes is 1. The second-order valence-corrected chi connectivity index (χ2v) is 8.37. The van der Waals surface area contributed by atoms with E-state index >= 15 is 0 Å². The number of benzene rings is 1. The number of allylic oxidation sites excluding steroid dienone is 2. The highest BCUT2D eigenvalue weighted by atomic mass is 19.1. The maximum absolute atomic E-state index is 14.0. The summed E-state index contributed by atoms with van der Waals surface area (Å²) in [7, 11) is 1.73. The Labute approximate surface area is 185 Å². The first-order valence-electron chi connectivity index (χ1n) is 10.3. The van der Waals surface area contributed by atoms with Crippen LogP contribution in [0.2, 0.25) is 0 Å². The lowest BCUT2D eigenvalue weighted by atomic mass is 9.99. The molecule has 0 spiro atoms. The van der Waals surface area contributed by atoms with Crippen LogP contribution in [0.4, 0.5) is 8.78 Å². The molecule has 2 aliphatic carbocycles. The number of nitrogens with zero attached hydrogens (tertiary/aromatic N) is 6. The Balaban J connectivity index is 1.20. The molecule has 0 radical (unpaired) electrons. The van der Waals surface area contributed by atoms with Gasteiger partial charge in [0, 0.05) is 13.0 Å². The van der Waals surface area contributed by atoms with E-state index in [4.69, 9.17) is 10.9 Å². The third-order valence-corrected chi connectivity index (χ3v) is 6.42. The lowest BCUT2D eigenvalue weighted by Crippen LogP contribution is -2.22. The Kier molecular flexibility index (Phi) is 4.11. The number of rotatable bonds is 4. The molecule has 3 atom stereocenters. The van der Waals surface area contributed by atoms with Crippen LogP contribution in [0, 0.1) is 35.8 Å². The van der Waals surface area contributed by atoms with Gasteiger partial charge in [0.15, 0.2) is 17.0 Å². The average Bonchev–Trinajstić information content (AvgIpc) is 3.20. The van der Waals surface area contributed by atoms with Crippen LogP contribution in [0.5, 0.6) is 0 Å². The Morgan fingerprint density at radius 2 is 2.00 bits per heavy atom. The van der Waals surface area contributed by atoms with Crippen LogP contribution in [-0.4, -0.2) is 29.2 Å². The molecule has 4 aromatic rings. The summed E-state index contributed by atoms with van der Waals surface area (Å²) in [5.74, 6) is 1.95. The van der Waals surface area contributed by atoms with Gasteiger partial charge in [0.2, 0.25) is 5.89 Å². The number of aryl methyl sites for hydroxylation is 1. The van der Waals surface area contributed by atoms with Crippen molar-refractivity contribution in [2.45, 2.75) is 18.9 Å². The summed E-state index contributed by atoms with van der Waals surface area (Å²) >= 11 is 0. The van der Waals surface area contributed by atoms with Crippen LogP contribution < -0.4 is 5.56 Å². The van der Waals surface area contributed by atoms with Crippen molar-refractivity contribution in [1.29, 1.82) is 0 Å². The van der Waals surface area contributed by atoms with E-state index in [1.807, 2.05) is 12.0 Å². The number of fused-ring (bicyclic) bond motifs is 2. The van der Waals surface area contributed by atoms with Gasteiger partial charge < -0.3 is 9.09 Å². The SMILES string of the molecule is C#Cc1c(F)cc(C2=CC3C(C2)C3c2noc(Cn3cnc4ncn(C)c4c3=O)n2)cc1F. The summed E-state index contributed by atoms with van der Waals surface area (Å²) in [5, 5.41) is 4.09. The molecule has 0 bridgehead atoms. The predicted octanol–water partition coefficient (Wildman–Crippen LogP) is 2.64. The quantitative estimate of drug-likeness (QED) is 0.448. The number of aromatic nitrogens is 6. The first-order chi connectivity index (χ1) is 15.9. The van der Waals surface area contributed by atoms with E-state index < -0.39 is 11.6 Å². The van der Waals surface area contributed by atoms with Crippen molar-refractivity contribution in [2.75, 3.05) is 0 Å². The second kappa shape index (κ2) is 6.93. The van der Waals surface area contributed by atoms with Crippen molar-refractivity contribution in [1.82, 2.24) is 29.2 Å². The van der Waals surface area contributed by atoms with Gasteiger partial charge in [-0.3, -0.25) is 9.36 Å². The van der Waals surface area contributed by atoms with Crippen molar-refractivity contribution >= 4 is 16.7 Å². The van der Waals surface area contributed by atoms with E-state index in [1.54, 1.807) is 11.6 Å². The van der Waals surface area contributed by atoms with Gasteiger partial charge in [-0.1, -0.05) is 17.2 Å². The Bertz CT molecular complexity index is 1550. The molecule has 1 aromatic carbocycles. The topological polar surface area (TPSA) is 91.6 Å². The number of hydrogen-bond acceptors (Lipinski definition) is 6. The molecule has 0 saturated heterocycles. The molecule has 0 amide bonds. The highest BCUT2D eigenvalue weighted by molar-refractivity contribution is 5.71. The van der Waals surface area contributed by atoms with Gasteiger partial charge in [0.25, 0.3) is 5.56 Å². The zero-order chi connectivity index (χ0) is 22.9. The van der Waals surface area contributed by atoms with E-state index in [-0.39, 0.29) is 35.4 Å². The maximum Gasteiger partial charge on any atom is 0.280 e. The van der Waals surface area contributed by atoms with Crippen molar-refractivity contribution < 1.29 is 13.3 Å². The molecular weight excluding hydrogens is 430 g/mol. The monoisotopic (exact) mass is 446 g/mol. The zero-order valence-electron chi connectivity index (χ0n) is 17.4. The van der Waals surface area contributed by atoms with Crippen molar-refractivity contribution in [3.05, 3.63) is 75.7 Å². The lowest BCUT2D eigenvalue weighted by Gasteiger charge is -2.08. The highest BCUT2D eigenvalue weighted by Gasteiger charge is 2.55. The summed E-state index contributed by atoms with van der Waals surface area (Å²) in [4.78, 5) is 25.4.